The van der Waals surface area contributed by atoms with E-state index in [0.717, 1.165) is 5.56 Å². The first-order chi connectivity index (χ1) is 9.61. The first kappa shape index (κ1) is 14.0. The number of benzene rings is 1. The lowest BCUT2D eigenvalue weighted by Gasteiger charge is -2.06. The summed E-state index contributed by atoms with van der Waals surface area (Å²) in [6.07, 6.45) is 1.55. The summed E-state index contributed by atoms with van der Waals surface area (Å²) < 4.78 is 0. The van der Waals surface area contributed by atoms with E-state index in [-0.39, 0.29) is 16.7 Å². The molecule has 20 heavy (non-hydrogen) atoms. The number of aromatic nitrogens is 2. The molecule has 0 unspecified atom stereocenters. The van der Waals surface area contributed by atoms with Gasteiger partial charge >= 0.3 is 0 Å². The van der Waals surface area contributed by atoms with Crippen LogP contribution in [0.2, 0.25) is 5.15 Å². The SMILES string of the molecule is CN(C)/C=N/c1nc(Cl)c(-c2ccccc2)nc1C#N. The average Bonchev–Trinajstić information content (AvgIpc) is 2.46. The van der Waals surface area contributed by atoms with Crippen molar-refractivity contribution >= 4 is 23.8 Å². The van der Waals surface area contributed by atoms with Gasteiger partial charge in [0.2, 0.25) is 0 Å². The lowest BCUT2D eigenvalue weighted by Crippen LogP contribution is -2.07. The van der Waals surface area contributed by atoms with Crippen LogP contribution in [0.5, 0.6) is 0 Å². The molecule has 0 radical (unpaired) electrons. The highest BCUT2D eigenvalue weighted by Crippen LogP contribution is 2.27. The highest BCUT2D eigenvalue weighted by Gasteiger charge is 2.13. The van der Waals surface area contributed by atoms with Crippen molar-refractivity contribution < 1.29 is 0 Å². The summed E-state index contributed by atoms with van der Waals surface area (Å²) in [6.45, 7) is 0. The monoisotopic (exact) mass is 285 g/mol. The van der Waals surface area contributed by atoms with Crippen LogP contribution in [0.1, 0.15) is 5.69 Å². The van der Waals surface area contributed by atoms with E-state index in [9.17, 15) is 0 Å². The summed E-state index contributed by atoms with van der Waals surface area (Å²) in [5.41, 5.74) is 1.43. The molecule has 0 spiro atoms. The smallest absolute Gasteiger partial charge is 0.192 e. The topological polar surface area (TPSA) is 65.2 Å². The van der Waals surface area contributed by atoms with Crippen molar-refractivity contribution in [1.29, 1.82) is 5.26 Å². The summed E-state index contributed by atoms with van der Waals surface area (Å²) in [6, 6.07) is 11.4. The maximum Gasteiger partial charge on any atom is 0.192 e. The third-order valence-electron chi connectivity index (χ3n) is 2.40. The fraction of sp³-hybridized carbons (Fsp3) is 0.143. The van der Waals surface area contributed by atoms with Gasteiger partial charge in [0.15, 0.2) is 16.7 Å². The van der Waals surface area contributed by atoms with E-state index in [1.54, 1.807) is 11.2 Å². The van der Waals surface area contributed by atoms with E-state index < -0.39 is 0 Å². The van der Waals surface area contributed by atoms with Crippen LogP contribution in [0.4, 0.5) is 5.82 Å². The van der Waals surface area contributed by atoms with E-state index >= 15 is 0 Å². The van der Waals surface area contributed by atoms with Gasteiger partial charge in [0.05, 0.1) is 6.34 Å². The largest absolute Gasteiger partial charge is 0.369 e. The standard InChI is InChI=1S/C14H12ClN5/c1-20(2)9-17-14-11(8-16)18-12(13(15)19-14)10-6-4-3-5-7-10/h3-7,9H,1-2H3/b17-9+. The number of nitriles is 1. The molecular weight excluding hydrogens is 274 g/mol. The zero-order valence-electron chi connectivity index (χ0n) is 11.1. The van der Waals surface area contributed by atoms with Gasteiger partial charge in [0, 0.05) is 19.7 Å². The van der Waals surface area contributed by atoms with Crippen LogP contribution in [0.25, 0.3) is 11.3 Å². The summed E-state index contributed by atoms with van der Waals surface area (Å²) in [5, 5.41) is 9.39. The van der Waals surface area contributed by atoms with E-state index in [0.29, 0.717) is 5.69 Å². The number of nitrogens with zero attached hydrogens (tertiary/aromatic N) is 5. The molecule has 100 valence electrons. The lowest BCUT2D eigenvalue weighted by molar-refractivity contribution is 0.643. The van der Waals surface area contributed by atoms with Gasteiger partial charge < -0.3 is 4.90 Å². The molecule has 0 aliphatic rings. The molecule has 0 saturated carbocycles. The van der Waals surface area contributed by atoms with Gasteiger partial charge in [0.1, 0.15) is 11.8 Å². The Balaban J connectivity index is 2.52. The Kier molecular flexibility index (Phi) is 4.28. The second-order valence-electron chi connectivity index (χ2n) is 4.22. The van der Waals surface area contributed by atoms with Crippen molar-refractivity contribution in [3.63, 3.8) is 0 Å². The maximum absolute atomic E-state index is 9.16. The highest BCUT2D eigenvalue weighted by molar-refractivity contribution is 6.31. The van der Waals surface area contributed by atoms with Crippen LogP contribution >= 0.6 is 11.6 Å². The molecule has 2 aromatic rings. The fourth-order valence-corrected chi connectivity index (χ4v) is 1.75. The zero-order chi connectivity index (χ0) is 14.5. The molecule has 5 nitrogen and oxygen atoms in total. The minimum atomic E-state index is 0.145. The van der Waals surface area contributed by atoms with E-state index in [2.05, 4.69) is 15.0 Å². The van der Waals surface area contributed by atoms with Crippen LogP contribution in [0.3, 0.4) is 0 Å². The van der Waals surface area contributed by atoms with Gasteiger partial charge in [-0.1, -0.05) is 41.9 Å². The molecule has 2 rings (SSSR count). The Morgan fingerprint density at radius 2 is 1.95 bits per heavy atom. The molecular formula is C14H12ClN5. The average molecular weight is 286 g/mol. The van der Waals surface area contributed by atoms with E-state index in [1.807, 2.05) is 50.5 Å². The number of hydrogen-bond acceptors (Lipinski definition) is 4. The second-order valence-corrected chi connectivity index (χ2v) is 4.58. The van der Waals surface area contributed by atoms with Gasteiger partial charge in [0.25, 0.3) is 0 Å². The third kappa shape index (κ3) is 3.11. The van der Waals surface area contributed by atoms with Crippen LogP contribution in [0, 0.1) is 11.3 Å². The van der Waals surface area contributed by atoms with Crippen molar-refractivity contribution in [3.8, 4) is 17.3 Å². The Labute approximate surface area is 122 Å². The van der Waals surface area contributed by atoms with Crippen LogP contribution in [-0.2, 0) is 0 Å². The van der Waals surface area contributed by atoms with Crippen LogP contribution < -0.4 is 0 Å². The van der Waals surface area contributed by atoms with Gasteiger partial charge in [-0.05, 0) is 0 Å². The summed E-state index contributed by atoms with van der Waals surface area (Å²) in [4.78, 5) is 14.2. The van der Waals surface area contributed by atoms with Gasteiger partial charge in [-0.3, -0.25) is 0 Å². The summed E-state index contributed by atoms with van der Waals surface area (Å²) in [7, 11) is 3.64. The molecule has 0 bridgehead atoms. The number of aliphatic imine (C=N–C) groups is 1. The Hall–Kier alpha value is -2.45. The van der Waals surface area contributed by atoms with Gasteiger partial charge in [-0.15, -0.1) is 0 Å². The first-order valence-corrected chi connectivity index (χ1v) is 6.23. The summed E-state index contributed by atoms with van der Waals surface area (Å²) >= 11 is 6.14. The molecule has 0 atom stereocenters. The minimum absolute atomic E-state index is 0.145. The van der Waals surface area contributed by atoms with Crippen LogP contribution in [0.15, 0.2) is 35.3 Å². The van der Waals surface area contributed by atoms with Crippen LogP contribution in [-0.4, -0.2) is 35.3 Å². The zero-order valence-corrected chi connectivity index (χ0v) is 11.8. The molecule has 0 aliphatic heterocycles. The number of rotatable bonds is 3. The molecule has 0 N–H and O–H groups in total. The predicted octanol–water partition coefficient (Wildman–Crippen LogP) is 2.89. The highest BCUT2D eigenvalue weighted by atomic mass is 35.5. The molecule has 6 heteroatoms. The van der Waals surface area contributed by atoms with Crippen molar-refractivity contribution in [3.05, 3.63) is 41.2 Å². The van der Waals surface area contributed by atoms with Crippen molar-refractivity contribution in [2.75, 3.05) is 14.1 Å². The van der Waals surface area contributed by atoms with E-state index in [4.69, 9.17) is 16.9 Å². The molecule has 0 amide bonds. The second kappa shape index (κ2) is 6.13. The minimum Gasteiger partial charge on any atom is -0.369 e. The predicted molar refractivity (Wildman–Crippen MR) is 79.0 cm³/mol. The van der Waals surface area contributed by atoms with Gasteiger partial charge in [-0.25, -0.2) is 15.0 Å². The number of halogens is 1. The van der Waals surface area contributed by atoms with E-state index in [1.165, 1.54) is 0 Å². The molecule has 1 aromatic heterocycles. The summed E-state index contributed by atoms with van der Waals surface area (Å²) in [5.74, 6) is 0.214. The Morgan fingerprint density at radius 3 is 2.55 bits per heavy atom. The fourth-order valence-electron chi connectivity index (χ4n) is 1.52. The normalized spacial score (nSPS) is 10.5. The van der Waals surface area contributed by atoms with Gasteiger partial charge in [-0.2, -0.15) is 5.26 Å². The number of hydrogen-bond donors (Lipinski definition) is 0. The molecule has 0 aliphatic carbocycles. The first-order valence-electron chi connectivity index (χ1n) is 5.85. The van der Waals surface area contributed by atoms with Crippen molar-refractivity contribution in [2.45, 2.75) is 0 Å². The lowest BCUT2D eigenvalue weighted by atomic mass is 10.1. The quantitative estimate of drug-likeness (QED) is 0.642. The molecule has 1 heterocycles. The molecule has 1 aromatic carbocycles. The molecule has 0 saturated heterocycles. The van der Waals surface area contributed by atoms with Crippen molar-refractivity contribution in [1.82, 2.24) is 14.9 Å². The Bertz CT molecular complexity index is 674. The van der Waals surface area contributed by atoms with Crippen molar-refractivity contribution in [2.24, 2.45) is 4.99 Å². The maximum atomic E-state index is 9.16. The molecule has 0 fully saturated rings. The third-order valence-corrected chi connectivity index (χ3v) is 2.66. The Morgan fingerprint density at radius 1 is 1.25 bits per heavy atom.